The predicted octanol–water partition coefficient (Wildman–Crippen LogP) is 5.21. The van der Waals surface area contributed by atoms with Gasteiger partial charge in [0.25, 0.3) is 5.91 Å². The zero-order valence-electron chi connectivity index (χ0n) is 18.3. The van der Waals surface area contributed by atoms with Crippen LogP contribution >= 0.6 is 11.6 Å². The second kappa shape index (κ2) is 9.01. The molecule has 0 saturated carbocycles. The van der Waals surface area contributed by atoms with Crippen LogP contribution in [0.5, 0.6) is 23.0 Å². The molecule has 1 saturated heterocycles. The lowest BCUT2D eigenvalue weighted by atomic mass is 9.89. The van der Waals surface area contributed by atoms with Gasteiger partial charge in [-0.3, -0.25) is 9.69 Å². The van der Waals surface area contributed by atoms with Gasteiger partial charge in [0.2, 0.25) is 6.10 Å². The molecule has 1 heterocycles. The fourth-order valence-electron chi connectivity index (χ4n) is 3.76. The molecule has 2 atom stereocenters. The van der Waals surface area contributed by atoms with E-state index >= 15 is 0 Å². The largest absolute Gasteiger partial charge is 0.497 e. The molecule has 0 unspecified atom stereocenters. The number of carbonyl (C=O) groups excluding carboxylic acids is 1. The maximum Gasteiger partial charge on any atom is 0.271 e. The van der Waals surface area contributed by atoms with Gasteiger partial charge < -0.3 is 18.9 Å². The Balaban J connectivity index is 1.72. The molecule has 7 heteroatoms. The number of ether oxygens (including phenoxy) is 4. The molecule has 1 aliphatic rings. The summed E-state index contributed by atoms with van der Waals surface area (Å²) in [7, 11) is 4.76. The van der Waals surface area contributed by atoms with E-state index in [2.05, 4.69) is 0 Å². The number of anilines is 1. The fraction of sp³-hybridized carbons (Fsp3) is 0.240. The van der Waals surface area contributed by atoms with Crippen molar-refractivity contribution < 1.29 is 23.7 Å². The zero-order chi connectivity index (χ0) is 22.8. The van der Waals surface area contributed by atoms with Gasteiger partial charge in [-0.05, 0) is 66.6 Å². The Morgan fingerprint density at radius 3 is 2.12 bits per heavy atom. The van der Waals surface area contributed by atoms with E-state index in [1.165, 1.54) is 0 Å². The van der Waals surface area contributed by atoms with E-state index in [9.17, 15) is 4.79 Å². The number of aryl methyl sites for hydroxylation is 1. The lowest BCUT2D eigenvalue weighted by Gasteiger charge is -2.46. The maximum atomic E-state index is 13.2. The quantitative estimate of drug-likeness (QED) is 0.460. The van der Waals surface area contributed by atoms with Crippen molar-refractivity contribution in [3.05, 3.63) is 76.8 Å². The molecule has 3 aromatic carbocycles. The van der Waals surface area contributed by atoms with E-state index in [-0.39, 0.29) is 11.9 Å². The molecule has 4 rings (SSSR count). The van der Waals surface area contributed by atoms with Crippen LogP contribution in [0.3, 0.4) is 0 Å². The maximum absolute atomic E-state index is 13.2. The van der Waals surface area contributed by atoms with Crippen molar-refractivity contribution >= 4 is 23.2 Å². The third kappa shape index (κ3) is 3.94. The van der Waals surface area contributed by atoms with Gasteiger partial charge in [-0.1, -0.05) is 23.7 Å². The van der Waals surface area contributed by atoms with Crippen molar-refractivity contribution in [3.63, 3.8) is 0 Å². The molecule has 1 fully saturated rings. The monoisotopic (exact) mass is 453 g/mol. The second-order valence-electron chi connectivity index (χ2n) is 7.41. The van der Waals surface area contributed by atoms with Gasteiger partial charge in [-0.15, -0.1) is 0 Å². The lowest BCUT2D eigenvalue weighted by Crippen LogP contribution is -2.61. The van der Waals surface area contributed by atoms with Gasteiger partial charge in [-0.2, -0.15) is 0 Å². The van der Waals surface area contributed by atoms with Gasteiger partial charge >= 0.3 is 0 Å². The molecule has 1 aliphatic heterocycles. The summed E-state index contributed by atoms with van der Waals surface area (Å²) in [5.74, 6) is 2.33. The van der Waals surface area contributed by atoms with E-state index in [0.29, 0.717) is 33.7 Å². The first-order valence-corrected chi connectivity index (χ1v) is 10.5. The van der Waals surface area contributed by atoms with Crippen LogP contribution in [0.15, 0.2) is 60.7 Å². The zero-order valence-corrected chi connectivity index (χ0v) is 19.1. The van der Waals surface area contributed by atoms with Crippen LogP contribution in [-0.2, 0) is 4.79 Å². The van der Waals surface area contributed by atoms with Crippen molar-refractivity contribution in [2.24, 2.45) is 0 Å². The second-order valence-corrected chi connectivity index (χ2v) is 7.82. The summed E-state index contributed by atoms with van der Waals surface area (Å²) in [5.41, 5.74) is 2.51. The molecule has 0 spiro atoms. The number of amides is 1. The third-order valence-corrected chi connectivity index (χ3v) is 5.96. The molecule has 32 heavy (non-hydrogen) atoms. The van der Waals surface area contributed by atoms with Crippen molar-refractivity contribution in [1.82, 2.24) is 0 Å². The number of benzene rings is 3. The predicted molar refractivity (Wildman–Crippen MR) is 123 cm³/mol. The third-order valence-electron chi connectivity index (χ3n) is 5.55. The highest BCUT2D eigenvalue weighted by Crippen LogP contribution is 2.44. The van der Waals surface area contributed by atoms with Crippen LogP contribution in [0, 0.1) is 6.92 Å². The summed E-state index contributed by atoms with van der Waals surface area (Å²) in [4.78, 5) is 14.9. The Kier molecular flexibility index (Phi) is 6.15. The molecule has 0 aliphatic carbocycles. The molecular weight excluding hydrogens is 430 g/mol. The number of halogens is 1. The van der Waals surface area contributed by atoms with E-state index in [1.54, 1.807) is 56.6 Å². The van der Waals surface area contributed by atoms with Gasteiger partial charge in [-0.25, -0.2) is 0 Å². The number of rotatable bonds is 7. The lowest BCUT2D eigenvalue weighted by molar-refractivity contribution is -0.135. The van der Waals surface area contributed by atoms with E-state index < -0.39 is 6.10 Å². The number of methoxy groups -OCH3 is 3. The highest BCUT2D eigenvalue weighted by molar-refractivity contribution is 6.31. The first-order valence-electron chi connectivity index (χ1n) is 10.1. The average Bonchev–Trinajstić information content (AvgIpc) is 2.82. The summed E-state index contributed by atoms with van der Waals surface area (Å²) in [6, 6.07) is 17.9. The summed E-state index contributed by atoms with van der Waals surface area (Å²) >= 11 is 6.34. The Morgan fingerprint density at radius 1 is 0.812 bits per heavy atom. The van der Waals surface area contributed by atoms with Crippen LogP contribution < -0.4 is 23.8 Å². The summed E-state index contributed by atoms with van der Waals surface area (Å²) in [6.07, 6.45) is -0.707. The van der Waals surface area contributed by atoms with Crippen LogP contribution in [0.4, 0.5) is 5.69 Å². The van der Waals surface area contributed by atoms with Crippen LogP contribution in [0.1, 0.15) is 17.2 Å². The van der Waals surface area contributed by atoms with Crippen molar-refractivity contribution in [3.8, 4) is 23.0 Å². The topological polar surface area (TPSA) is 57.2 Å². The number of hydrogen-bond acceptors (Lipinski definition) is 5. The molecule has 0 radical (unpaired) electrons. The molecule has 3 aromatic rings. The number of nitrogens with zero attached hydrogens (tertiary/aromatic N) is 1. The Bertz CT molecular complexity index is 1130. The molecule has 6 nitrogen and oxygen atoms in total. The van der Waals surface area contributed by atoms with Crippen LogP contribution in [0.25, 0.3) is 0 Å². The summed E-state index contributed by atoms with van der Waals surface area (Å²) in [6.45, 7) is 1.92. The smallest absolute Gasteiger partial charge is 0.271 e. The average molecular weight is 454 g/mol. The van der Waals surface area contributed by atoms with Crippen LogP contribution in [-0.4, -0.2) is 33.3 Å². The van der Waals surface area contributed by atoms with Gasteiger partial charge in [0, 0.05) is 10.7 Å². The summed E-state index contributed by atoms with van der Waals surface area (Å²) in [5, 5.41) is 0.598. The number of carbonyl (C=O) groups is 1. The van der Waals surface area contributed by atoms with Crippen molar-refractivity contribution in [1.29, 1.82) is 0 Å². The SMILES string of the molecule is COc1ccc(O[C@H]2C(=O)N(c3ccc(C)c(Cl)c3)[C@@H]2c2ccc(OC)c(OC)c2)cc1. The first-order chi connectivity index (χ1) is 15.5. The van der Waals surface area contributed by atoms with Crippen LogP contribution in [0.2, 0.25) is 5.02 Å². The molecule has 0 bridgehead atoms. The molecule has 0 N–H and O–H groups in total. The molecule has 0 aromatic heterocycles. The molecule has 1 amide bonds. The minimum atomic E-state index is -0.707. The van der Waals surface area contributed by atoms with Gasteiger partial charge in [0.05, 0.1) is 21.3 Å². The highest BCUT2D eigenvalue weighted by atomic mass is 35.5. The van der Waals surface area contributed by atoms with E-state index in [1.807, 2.05) is 37.3 Å². The Morgan fingerprint density at radius 2 is 1.50 bits per heavy atom. The van der Waals surface area contributed by atoms with E-state index in [4.69, 9.17) is 30.5 Å². The van der Waals surface area contributed by atoms with Gasteiger partial charge in [0.15, 0.2) is 11.5 Å². The standard InChI is InChI=1S/C25H24ClNO5/c1-15-5-7-17(14-20(15)26)27-23(16-6-12-21(30-3)22(13-16)31-4)24(25(27)28)32-19-10-8-18(29-2)9-11-19/h5-14,23-24H,1-4H3/t23-,24-/m1/s1. The Hall–Kier alpha value is -3.38. The number of hydrogen-bond donors (Lipinski definition) is 0. The van der Waals surface area contributed by atoms with Gasteiger partial charge in [0.1, 0.15) is 17.5 Å². The first kappa shape index (κ1) is 21.8. The Labute approximate surface area is 192 Å². The van der Waals surface area contributed by atoms with Crippen molar-refractivity contribution in [2.75, 3.05) is 26.2 Å². The van der Waals surface area contributed by atoms with E-state index in [0.717, 1.165) is 11.1 Å². The highest BCUT2D eigenvalue weighted by Gasteiger charge is 2.51. The minimum Gasteiger partial charge on any atom is -0.497 e. The normalized spacial score (nSPS) is 17.5. The summed E-state index contributed by atoms with van der Waals surface area (Å²) < 4.78 is 22.1. The fourth-order valence-corrected chi connectivity index (χ4v) is 3.93. The molecule has 166 valence electrons. The van der Waals surface area contributed by atoms with Crippen molar-refractivity contribution in [2.45, 2.75) is 19.1 Å². The number of β-lactam (4-membered cyclic amide) rings is 1. The molecular formula is C25H24ClNO5. The minimum absolute atomic E-state index is 0.152.